The number of nitrogens with zero attached hydrogens (tertiary/aromatic N) is 1. The van der Waals surface area contributed by atoms with Gasteiger partial charge >= 0.3 is 0 Å². The standard InChI is InChI=1S/C17H17N3O2S/c1-10-5-11(2)7-13(6-10)22-9-16(21)19-12-3-4-14-15(8-12)23-17(18)20-14/h3-8H,9H2,1-2H3,(H2,18,20)(H,19,21). The second kappa shape index (κ2) is 6.26. The third-order valence-electron chi connectivity index (χ3n) is 3.25. The summed E-state index contributed by atoms with van der Waals surface area (Å²) in [5.74, 6) is 0.490. The van der Waals surface area contributed by atoms with Crippen molar-refractivity contribution >= 4 is 38.3 Å². The summed E-state index contributed by atoms with van der Waals surface area (Å²) in [5, 5.41) is 3.33. The summed E-state index contributed by atoms with van der Waals surface area (Å²) in [7, 11) is 0. The number of carbonyl (C=O) groups is 1. The molecule has 0 aliphatic carbocycles. The number of ether oxygens (including phenoxy) is 1. The number of nitrogen functional groups attached to an aromatic ring is 1. The van der Waals surface area contributed by atoms with E-state index < -0.39 is 0 Å². The average Bonchev–Trinajstić information content (AvgIpc) is 2.83. The molecule has 2 aromatic carbocycles. The molecule has 3 rings (SSSR count). The maximum atomic E-state index is 12.0. The van der Waals surface area contributed by atoms with Crippen molar-refractivity contribution in [1.29, 1.82) is 0 Å². The number of nitrogens with two attached hydrogens (primary N) is 1. The van der Waals surface area contributed by atoms with Crippen molar-refractivity contribution in [3.63, 3.8) is 0 Å². The third kappa shape index (κ3) is 3.78. The Hall–Kier alpha value is -2.60. The summed E-state index contributed by atoms with van der Waals surface area (Å²) in [4.78, 5) is 16.2. The molecule has 0 bridgehead atoms. The van der Waals surface area contributed by atoms with Crippen LogP contribution in [0.1, 0.15) is 11.1 Å². The van der Waals surface area contributed by atoms with Crippen LogP contribution >= 0.6 is 11.3 Å². The summed E-state index contributed by atoms with van der Waals surface area (Å²) < 4.78 is 6.49. The summed E-state index contributed by atoms with van der Waals surface area (Å²) in [6.45, 7) is 3.96. The molecule has 1 amide bonds. The zero-order valence-corrected chi connectivity index (χ0v) is 13.7. The number of benzene rings is 2. The van der Waals surface area contributed by atoms with Gasteiger partial charge in [0.25, 0.3) is 5.91 Å². The van der Waals surface area contributed by atoms with Crippen molar-refractivity contribution in [3.05, 3.63) is 47.5 Å². The van der Waals surface area contributed by atoms with E-state index in [4.69, 9.17) is 10.5 Å². The molecule has 0 spiro atoms. The lowest BCUT2D eigenvalue weighted by atomic mass is 10.1. The average molecular weight is 327 g/mol. The maximum Gasteiger partial charge on any atom is 0.262 e. The largest absolute Gasteiger partial charge is 0.484 e. The number of nitrogens with one attached hydrogen (secondary N) is 1. The molecule has 6 heteroatoms. The van der Waals surface area contributed by atoms with Crippen LogP contribution in [0, 0.1) is 13.8 Å². The van der Waals surface area contributed by atoms with Crippen LogP contribution in [0.3, 0.4) is 0 Å². The van der Waals surface area contributed by atoms with Gasteiger partial charge in [0.2, 0.25) is 0 Å². The van der Waals surface area contributed by atoms with Gasteiger partial charge in [-0.15, -0.1) is 0 Å². The van der Waals surface area contributed by atoms with Gasteiger partial charge in [-0.25, -0.2) is 4.98 Å². The van der Waals surface area contributed by atoms with Gasteiger partial charge in [-0.2, -0.15) is 0 Å². The Labute approximate surface area is 138 Å². The molecule has 0 unspecified atom stereocenters. The van der Waals surface area contributed by atoms with E-state index in [1.807, 2.05) is 38.1 Å². The molecule has 0 radical (unpaired) electrons. The predicted molar refractivity (Wildman–Crippen MR) is 94.1 cm³/mol. The number of aryl methyl sites for hydroxylation is 2. The molecule has 0 saturated heterocycles. The number of fused-ring (bicyclic) bond motifs is 1. The Bertz CT molecular complexity index is 853. The molecule has 5 nitrogen and oxygen atoms in total. The molecule has 0 atom stereocenters. The van der Waals surface area contributed by atoms with Gasteiger partial charge in [0, 0.05) is 5.69 Å². The van der Waals surface area contributed by atoms with E-state index in [9.17, 15) is 4.79 Å². The van der Waals surface area contributed by atoms with Crippen molar-refractivity contribution in [3.8, 4) is 5.75 Å². The van der Waals surface area contributed by atoms with Gasteiger partial charge in [-0.05, 0) is 55.3 Å². The lowest BCUT2D eigenvalue weighted by molar-refractivity contribution is -0.118. The number of hydrogen-bond donors (Lipinski definition) is 2. The number of anilines is 2. The molecular weight excluding hydrogens is 310 g/mol. The SMILES string of the molecule is Cc1cc(C)cc(OCC(=O)Nc2ccc3nc(N)sc3c2)c1. The number of rotatable bonds is 4. The number of hydrogen-bond acceptors (Lipinski definition) is 5. The highest BCUT2D eigenvalue weighted by molar-refractivity contribution is 7.22. The van der Waals surface area contributed by atoms with Gasteiger partial charge in [0.05, 0.1) is 10.2 Å². The highest BCUT2D eigenvalue weighted by Gasteiger charge is 2.07. The zero-order chi connectivity index (χ0) is 16.4. The van der Waals surface area contributed by atoms with Gasteiger partial charge < -0.3 is 15.8 Å². The Kier molecular flexibility index (Phi) is 4.16. The van der Waals surface area contributed by atoms with E-state index in [-0.39, 0.29) is 12.5 Å². The van der Waals surface area contributed by atoms with Crippen LogP contribution in [0.2, 0.25) is 0 Å². The minimum atomic E-state index is -0.207. The molecule has 0 aliphatic rings. The van der Waals surface area contributed by atoms with Crippen molar-refractivity contribution < 1.29 is 9.53 Å². The Morgan fingerprint density at radius 2 is 1.96 bits per heavy atom. The van der Waals surface area contributed by atoms with Gasteiger partial charge in [-0.1, -0.05) is 17.4 Å². The quantitative estimate of drug-likeness (QED) is 0.769. The Balaban J connectivity index is 1.63. The molecule has 1 heterocycles. The fraction of sp³-hybridized carbons (Fsp3) is 0.176. The lowest BCUT2D eigenvalue weighted by Gasteiger charge is -2.09. The van der Waals surface area contributed by atoms with Crippen LogP contribution in [-0.4, -0.2) is 17.5 Å². The maximum absolute atomic E-state index is 12.0. The first-order valence-electron chi connectivity index (χ1n) is 7.16. The van der Waals surface area contributed by atoms with E-state index in [0.717, 1.165) is 21.3 Å². The van der Waals surface area contributed by atoms with Crippen LogP contribution in [0.4, 0.5) is 10.8 Å². The molecule has 23 heavy (non-hydrogen) atoms. The monoisotopic (exact) mass is 327 g/mol. The Morgan fingerprint density at radius 1 is 1.22 bits per heavy atom. The van der Waals surface area contributed by atoms with Gasteiger partial charge in [-0.3, -0.25) is 4.79 Å². The number of carbonyl (C=O) groups excluding carboxylic acids is 1. The smallest absolute Gasteiger partial charge is 0.262 e. The molecule has 3 aromatic rings. The molecule has 0 aliphatic heterocycles. The first kappa shape index (κ1) is 15.3. The first-order chi connectivity index (χ1) is 11.0. The Morgan fingerprint density at radius 3 is 2.70 bits per heavy atom. The minimum Gasteiger partial charge on any atom is -0.484 e. The van der Waals surface area contributed by atoms with Crippen molar-refractivity contribution in [1.82, 2.24) is 4.98 Å². The topological polar surface area (TPSA) is 77.2 Å². The van der Waals surface area contributed by atoms with Crippen molar-refractivity contribution in [2.24, 2.45) is 0 Å². The highest BCUT2D eigenvalue weighted by Crippen LogP contribution is 2.26. The number of aromatic nitrogens is 1. The van der Waals surface area contributed by atoms with E-state index in [1.54, 1.807) is 6.07 Å². The fourth-order valence-corrected chi connectivity index (χ4v) is 3.16. The third-order valence-corrected chi connectivity index (χ3v) is 4.10. The van der Waals surface area contributed by atoms with Gasteiger partial charge in [0.15, 0.2) is 11.7 Å². The molecule has 1 aromatic heterocycles. The summed E-state index contributed by atoms with van der Waals surface area (Å²) in [6, 6.07) is 11.4. The van der Waals surface area contributed by atoms with Crippen LogP contribution in [0.5, 0.6) is 5.75 Å². The summed E-state index contributed by atoms with van der Waals surface area (Å²) in [6.07, 6.45) is 0. The zero-order valence-electron chi connectivity index (χ0n) is 12.9. The van der Waals surface area contributed by atoms with Crippen LogP contribution in [-0.2, 0) is 4.79 Å². The van der Waals surface area contributed by atoms with Crippen molar-refractivity contribution in [2.75, 3.05) is 17.7 Å². The van der Waals surface area contributed by atoms with E-state index >= 15 is 0 Å². The van der Waals surface area contributed by atoms with Crippen LogP contribution in [0.25, 0.3) is 10.2 Å². The number of amides is 1. The second-order valence-corrected chi connectivity index (χ2v) is 6.46. The van der Waals surface area contributed by atoms with E-state index in [2.05, 4.69) is 16.4 Å². The lowest BCUT2D eigenvalue weighted by Crippen LogP contribution is -2.20. The molecule has 0 saturated carbocycles. The number of thiazole rings is 1. The summed E-state index contributed by atoms with van der Waals surface area (Å²) >= 11 is 1.39. The normalized spacial score (nSPS) is 10.7. The molecule has 3 N–H and O–H groups in total. The van der Waals surface area contributed by atoms with Crippen LogP contribution < -0.4 is 15.8 Å². The van der Waals surface area contributed by atoms with Crippen molar-refractivity contribution in [2.45, 2.75) is 13.8 Å². The molecular formula is C17H17N3O2S. The van der Waals surface area contributed by atoms with E-state index in [0.29, 0.717) is 16.6 Å². The van der Waals surface area contributed by atoms with E-state index in [1.165, 1.54) is 11.3 Å². The second-order valence-electron chi connectivity index (χ2n) is 5.39. The molecule has 118 valence electrons. The highest BCUT2D eigenvalue weighted by atomic mass is 32.1. The van der Waals surface area contributed by atoms with Gasteiger partial charge in [0.1, 0.15) is 5.75 Å². The van der Waals surface area contributed by atoms with Crippen LogP contribution in [0.15, 0.2) is 36.4 Å². The summed E-state index contributed by atoms with van der Waals surface area (Å²) in [5.41, 5.74) is 9.42. The fourth-order valence-electron chi connectivity index (χ4n) is 2.38. The first-order valence-corrected chi connectivity index (χ1v) is 7.98. The molecule has 0 fully saturated rings. The predicted octanol–water partition coefficient (Wildman–Crippen LogP) is 3.51. The minimum absolute atomic E-state index is 0.0360.